The van der Waals surface area contributed by atoms with Gasteiger partial charge in [-0.25, -0.2) is 0 Å². The van der Waals surface area contributed by atoms with Crippen LogP contribution in [0.4, 0.5) is 0 Å². The molecule has 192 valence electrons. The number of carbonyl (C=O) groups excluding carboxylic acids is 2. The van der Waals surface area contributed by atoms with E-state index in [9.17, 15) is 14.4 Å². The first-order valence-corrected chi connectivity index (χ1v) is 11.9. The first-order valence-electron chi connectivity index (χ1n) is 11.9. The molecule has 3 aromatic carbocycles. The van der Waals surface area contributed by atoms with Crippen molar-refractivity contribution in [3.8, 4) is 5.75 Å². The Morgan fingerprint density at radius 1 is 0.921 bits per heavy atom. The number of methoxy groups -OCH3 is 2. The molecule has 5 rings (SSSR count). The molecule has 0 spiro atoms. The average Bonchev–Trinajstić information content (AvgIpc) is 3.45. The van der Waals surface area contributed by atoms with E-state index in [-0.39, 0.29) is 30.4 Å². The molecule has 1 amide bonds. The number of rotatable bonds is 8. The number of hydrogen-bond acceptors (Lipinski definition) is 7. The van der Waals surface area contributed by atoms with Crippen LogP contribution in [0.1, 0.15) is 27.0 Å². The third-order valence-electron chi connectivity index (χ3n) is 6.32. The van der Waals surface area contributed by atoms with Gasteiger partial charge >= 0.3 is 5.97 Å². The van der Waals surface area contributed by atoms with Crippen LogP contribution >= 0.6 is 0 Å². The second-order valence-corrected chi connectivity index (χ2v) is 8.72. The monoisotopic (exact) mass is 511 g/mol. The Bertz CT molecular complexity index is 1690. The molecule has 10 nitrogen and oxygen atoms in total. The summed E-state index contributed by atoms with van der Waals surface area (Å²) < 4.78 is 13.1. The predicted molar refractivity (Wildman–Crippen MR) is 140 cm³/mol. The number of fused-ring (bicyclic) bond motifs is 3. The molecule has 2 heterocycles. The molecule has 0 fully saturated rings. The zero-order chi connectivity index (χ0) is 26.6. The van der Waals surface area contributed by atoms with Gasteiger partial charge in [-0.15, -0.1) is 10.2 Å². The second kappa shape index (κ2) is 10.6. The van der Waals surface area contributed by atoms with Crippen molar-refractivity contribution in [3.05, 3.63) is 106 Å². The molecule has 0 aliphatic carbocycles. The topological polar surface area (TPSA) is 117 Å². The van der Waals surface area contributed by atoms with E-state index in [2.05, 4.69) is 15.5 Å². The predicted octanol–water partition coefficient (Wildman–Crippen LogP) is 2.75. The van der Waals surface area contributed by atoms with Crippen molar-refractivity contribution in [1.82, 2.24) is 24.5 Å². The van der Waals surface area contributed by atoms with E-state index in [0.29, 0.717) is 28.8 Å². The highest BCUT2D eigenvalue weighted by molar-refractivity contribution is 5.98. The van der Waals surface area contributed by atoms with Gasteiger partial charge in [0, 0.05) is 12.1 Å². The summed E-state index contributed by atoms with van der Waals surface area (Å²) in [4.78, 5) is 38.0. The quantitative estimate of drug-likeness (QED) is 0.319. The van der Waals surface area contributed by atoms with Crippen LogP contribution in [0.25, 0.3) is 16.7 Å². The fourth-order valence-electron chi connectivity index (χ4n) is 4.23. The highest BCUT2D eigenvalue weighted by Gasteiger charge is 2.16. The van der Waals surface area contributed by atoms with E-state index >= 15 is 0 Å². The van der Waals surface area contributed by atoms with E-state index in [1.807, 2.05) is 48.5 Å². The summed E-state index contributed by atoms with van der Waals surface area (Å²) in [5.74, 6) is 0.511. The molecule has 0 radical (unpaired) electrons. The van der Waals surface area contributed by atoms with Crippen LogP contribution in [0.2, 0.25) is 0 Å². The Morgan fingerprint density at radius 3 is 2.34 bits per heavy atom. The zero-order valence-corrected chi connectivity index (χ0v) is 20.9. The number of aromatic nitrogens is 4. The van der Waals surface area contributed by atoms with Crippen LogP contribution in [-0.4, -0.2) is 45.3 Å². The molecule has 10 heteroatoms. The summed E-state index contributed by atoms with van der Waals surface area (Å²) in [5, 5.41) is 11.4. The van der Waals surface area contributed by atoms with Crippen molar-refractivity contribution in [1.29, 1.82) is 0 Å². The fourth-order valence-corrected chi connectivity index (χ4v) is 4.23. The molecule has 0 unspecified atom stereocenters. The Kier molecular flexibility index (Phi) is 6.86. The standard InChI is InChI=1S/C28H25N5O5/c1-37-22-10-7-19(8-11-22)15-29-26(35)21-9-12-24-23(14-21)27(36)32(28-31-30-17-33(24)28)16-20-5-3-18(4-6-20)13-25(34)38-2/h3-12,14,17H,13,15-16H2,1-2H3,(H,29,35). The van der Waals surface area contributed by atoms with Crippen LogP contribution in [-0.2, 0) is 29.0 Å². The molecule has 2 aromatic heterocycles. The second-order valence-electron chi connectivity index (χ2n) is 8.72. The lowest BCUT2D eigenvalue weighted by molar-refractivity contribution is -0.139. The van der Waals surface area contributed by atoms with Gasteiger partial charge in [-0.1, -0.05) is 36.4 Å². The first kappa shape index (κ1) is 24.7. The maximum atomic E-state index is 13.6. The van der Waals surface area contributed by atoms with E-state index in [0.717, 1.165) is 22.4 Å². The lowest BCUT2D eigenvalue weighted by Crippen LogP contribution is -2.25. The van der Waals surface area contributed by atoms with Crippen molar-refractivity contribution < 1.29 is 19.1 Å². The van der Waals surface area contributed by atoms with E-state index in [4.69, 9.17) is 9.47 Å². The van der Waals surface area contributed by atoms with Gasteiger partial charge in [0.25, 0.3) is 11.5 Å². The lowest BCUT2D eigenvalue weighted by Gasteiger charge is -2.12. The molecule has 0 aliphatic rings. The molecule has 0 aliphatic heterocycles. The SMILES string of the molecule is COC(=O)Cc1ccc(Cn2c(=O)c3cc(C(=O)NCc4ccc(OC)cc4)ccc3n3cnnc23)cc1. The van der Waals surface area contributed by atoms with Gasteiger partial charge in [-0.3, -0.25) is 23.4 Å². The number of esters is 1. The van der Waals surface area contributed by atoms with E-state index in [1.165, 1.54) is 18.0 Å². The fraction of sp³-hybridized carbons (Fsp3) is 0.179. The maximum absolute atomic E-state index is 13.6. The Labute approximate surface area is 217 Å². The highest BCUT2D eigenvalue weighted by atomic mass is 16.5. The van der Waals surface area contributed by atoms with Gasteiger partial charge in [-0.2, -0.15) is 0 Å². The van der Waals surface area contributed by atoms with Gasteiger partial charge in [0.15, 0.2) is 0 Å². The van der Waals surface area contributed by atoms with Crippen LogP contribution in [0.5, 0.6) is 5.75 Å². The molecular formula is C28H25N5O5. The summed E-state index contributed by atoms with van der Waals surface area (Å²) in [5.41, 5.74) is 3.26. The van der Waals surface area contributed by atoms with Crippen LogP contribution < -0.4 is 15.6 Å². The van der Waals surface area contributed by atoms with Crippen molar-refractivity contribution in [2.45, 2.75) is 19.5 Å². The average molecular weight is 512 g/mol. The minimum atomic E-state index is -0.322. The van der Waals surface area contributed by atoms with Gasteiger partial charge < -0.3 is 14.8 Å². The number of carbonyl (C=O) groups is 2. The molecule has 0 saturated carbocycles. The van der Waals surface area contributed by atoms with Crippen molar-refractivity contribution >= 4 is 28.6 Å². The zero-order valence-electron chi connectivity index (χ0n) is 20.9. The number of ether oxygens (including phenoxy) is 2. The number of amides is 1. The molecule has 1 N–H and O–H groups in total. The Balaban J connectivity index is 1.43. The lowest BCUT2D eigenvalue weighted by atomic mass is 10.1. The number of benzene rings is 3. The van der Waals surface area contributed by atoms with Crippen LogP contribution in [0.3, 0.4) is 0 Å². The van der Waals surface area contributed by atoms with Crippen molar-refractivity contribution in [3.63, 3.8) is 0 Å². The maximum Gasteiger partial charge on any atom is 0.309 e. The first-order chi connectivity index (χ1) is 18.5. The van der Waals surface area contributed by atoms with E-state index in [1.54, 1.807) is 29.7 Å². The summed E-state index contributed by atoms with van der Waals surface area (Å²) in [6.45, 7) is 0.574. The number of nitrogens with zero attached hydrogens (tertiary/aromatic N) is 4. The molecule has 0 bridgehead atoms. The smallest absolute Gasteiger partial charge is 0.309 e. The molecular weight excluding hydrogens is 486 g/mol. The number of nitrogens with one attached hydrogen (secondary N) is 1. The summed E-state index contributed by atoms with van der Waals surface area (Å²) in [6.07, 6.45) is 1.71. The minimum absolute atomic E-state index is 0.171. The Morgan fingerprint density at radius 2 is 1.63 bits per heavy atom. The Hall–Kier alpha value is -4.99. The largest absolute Gasteiger partial charge is 0.497 e. The highest BCUT2D eigenvalue weighted by Crippen LogP contribution is 2.17. The third kappa shape index (κ3) is 4.96. The summed E-state index contributed by atoms with van der Waals surface area (Å²) in [7, 11) is 2.95. The van der Waals surface area contributed by atoms with Crippen molar-refractivity contribution in [2.75, 3.05) is 14.2 Å². The van der Waals surface area contributed by atoms with Crippen molar-refractivity contribution in [2.24, 2.45) is 0 Å². The molecule has 0 saturated heterocycles. The summed E-state index contributed by atoms with van der Waals surface area (Å²) >= 11 is 0. The van der Waals surface area contributed by atoms with Gasteiger partial charge in [-0.05, 0) is 47.0 Å². The van der Waals surface area contributed by atoms with Gasteiger partial charge in [0.05, 0.1) is 38.1 Å². The van der Waals surface area contributed by atoms with E-state index < -0.39 is 0 Å². The molecule has 0 atom stereocenters. The molecule has 38 heavy (non-hydrogen) atoms. The third-order valence-corrected chi connectivity index (χ3v) is 6.32. The van der Waals surface area contributed by atoms with Gasteiger partial charge in [0.2, 0.25) is 5.78 Å². The minimum Gasteiger partial charge on any atom is -0.497 e. The van der Waals surface area contributed by atoms with Crippen LogP contribution in [0.15, 0.2) is 77.9 Å². The number of hydrogen-bond donors (Lipinski definition) is 1. The normalized spacial score (nSPS) is 11.0. The van der Waals surface area contributed by atoms with Gasteiger partial charge in [0.1, 0.15) is 12.1 Å². The van der Waals surface area contributed by atoms with Crippen LogP contribution in [0, 0.1) is 0 Å². The molecule has 5 aromatic rings. The summed E-state index contributed by atoms with van der Waals surface area (Å²) in [6, 6.07) is 19.8.